The van der Waals surface area contributed by atoms with Crippen LogP contribution in [0.15, 0.2) is 24.4 Å². The Hall–Kier alpha value is -3.48. The maximum absolute atomic E-state index is 14.5. The van der Waals surface area contributed by atoms with Gasteiger partial charge in [0.2, 0.25) is 5.95 Å². The summed E-state index contributed by atoms with van der Waals surface area (Å²) in [5.74, 6) is -2.08. The second-order valence-corrected chi connectivity index (χ2v) is 7.95. The number of alkyl carbamates (subject to hydrolysis) is 1. The summed E-state index contributed by atoms with van der Waals surface area (Å²) < 4.78 is 33.6. The first-order chi connectivity index (χ1) is 14.1. The average Bonchev–Trinajstić information content (AvgIpc) is 3.06. The fraction of sp³-hybridized carbons (Fsp3) is 0.400. The molecule has 0 radical (unpaired) electrons. The minimum absolute atomic E-state index is 0.0952. The van der Waals surface area contributed by atoms with E-state index in [1.165, 1.54) is 0 Å². The van der Waals surface area contributed by atoms with E-state index in [2.05, 4.69) is 15.3 Å². The molecule has 2 N–H and O–H groups in total. The molecule has 2 atom stereocenters. The van der Waals surface area contributed by atoms with Gasteiger partial charge in [0.05, 0.1) is 12.2 Å². The van der Waals surface area contributed by atoms with E-state index < -0.39 is 35.3 Å². The lowest BCUT2D eigenvalue weighted by Crippen LogP contribution is -2.43. The van der Waals surface area contributed by atoms with Crippen molar-refractivity contribution >= 4 is 12.0 Å². The second kappa shape index (κ2) is 8.10. The molecule has 0 bridgehead atoms. The number of halogens is 2. The van der Waals surface area contributed by atoms with Crippen LogP contribution in [0.2, 0.25) is 0 Å². The Morgan fingerprint density at radius 1 is 1.37 bits per heavy atom. The summed E-state index contributed by atoms with van der Waals surface area (Å²) in [7, 11) is 0. The number of rotatable bonds is 3. The lowest BCUT2D eigenvalue weighted by Gasteiger charge is -2.24. The van der Waals surface area contributed by atoms with Crippen LogP contribution in [0.1, 0.15) is 37.9 Å². The molecule has 1 fully saturated rings. The van der Waals surface area contributed by atoms with Crippen molar-refractivity contribution in [1.29, 1.82) is 5.26 Å². The van der Waals surface area contributed by atoms with Crippen LogP contribution in [-0.2, 0) is 4.74 Å². The third-order valence-corrected chi connectivity index (χ3v) is 4.52. The van der Waals surface area contributed by atoms with Gasteiger partial charge >= 0.3 is 6.09 Å². The molecular weight excluding hydrogens is 396 g/mol. The minimum atomic E-state index is -0.732. The minimum Gasteiger partial charge on any atom is -0.504 e. The monoisotopic (exact) mass is 417 g/mol. The maximum atomic E-state index is 14.5. The number of hydrogen-bond donors (Lipinski definition) is 2. The number of nitrogens with zero attached hydrogens (tertiary/aromatic N) is 4. The van der Waals surface area contributed by atoms with Crippen LogP contribution in [0.3, 0.4) is 0 Å². The lowest BCUT2D eigenvalue weighted by molar-refractivity contribution is 0.0504. The Bertz CT molecular complexity index is 1000. The topological polar surface area (TPSA) is 111 Å². The summed E-state index contributed by atoms with van der Waals surface area (Å²) in [6.07, 6.45) is 0.397. The molecule has 158 valence electrons. The molecule has 2 aromatic rings. The summed E-state index contributed by atoms with van der Waals surface area (Å²) in [5, 5.41) is 21.4. The number of nitrogens with one attached hydrogen (secondary N) is 1. The van der Waals surface area contributed by atoms with E-state index in [1.54, 1.807) is 31.7 Å². The molecule has 2 heterocycles. The molecule has 1 amide bonds. The van der Waals surface area contributed by atoms with E-state index in [9.17, 15) is 18.7 Å². The van der Waals surface area contributed by atoms with Gasteiger partial charge in [-0.05, 0) is 44.5 Å². The highest BCUT2D eigenvalue weighted by molar-refractivity contribution is 5.68. The fourth-order valence-electron chi connectivity index (χ4n) is 3.29. The van der Waals surface area contributed by atoms with Gasteiger partial charge in [0.25, 0.3) is 0 Å². The smallest absolute Gasteiger partial charge is 0.407 e. The predicted octanol–water partition coefficient (Wildman–Crippen LogP) is 2.83. The van der Waals surface area contributed by atoms with E-state index in [0.29, 0.717) is 0 Å². The van der Waals surface area contributed by atoms with Crippen molar-refractivity contribution in [2.75, 3.05) is 18.0 Å². The van der Waals surface area contributed by atoms with Gasteiger partial charge in [-0.25, -0.2) is 18.6 Å². The zero-order valence-corrected chi connectivity index (χ0v) is 16.7. The molecule has 2 unspecified atom stereocenters. The van der Waals surface area contributed by atoms with E-state index in [-0.39, 0.29) is 36.0 Å². The van der Waals surface area contributed by atoms with Crippen LogP contribution < -0.4 is 10.2 Å². The van der Waals surface area contributed by atoms with Crippen LogP contribution >= 0.6 is 0 Å². The summed E-state index contributed by atoms with van der Waals surface area (Å²) in [5.41, 5.74) is -0.848. The van der Waals surface area contributed by atoms with Gasteiger partial charge < -0.3 is 20.1 Å². The highest BCUT2D eigenvalue weighted by Gasteiger charge is 2.38. The summed E-state index contributed by atoms with van der Waals surface area (Å²) in [6.45, 7) is 5.45. The van der Waals surface area contributed by atoms with Gasteiger partial charge in [0.1, 0.15) is 23.3 Å². The first-order valence-electron chi connectivity index (χ1n) is 9.23. The Morgan fingerprint density at radius 3 is 2.77 bits per heavy atom. The standard InChI is InChI=1S/C20H21F2N5O3/c1-20(2,3)30-19(29)26-16-10-27(18-24-8-17(28)15(7-23)25-18)9-13(16)12-6-11(21)4-5-14(12)22/h4-6,8,13,16,28H,9-10H2,1-3H3,(H,26,29). The number of aromatic nitrogens is 2. The largest absolute Gasteiger partial charge is 0.504 e. The molecule has 1 aliphatic rings. The number of ether oxygens (including phenoxy) is 1. The van der Waals surface area contributed by atoms with Gasteiger partial charge in [-0.2, -0.15) is 10.2 Å². The van der Waals surface area contributed by atoms with E-state index >= 15 is 0 Å². The Labute approximate surface area is 172 Å². The maximum Gasteiger partial charge on any atom is 0.407 e. The molecule has 3 rings (SSSR count). The van der Waals surface area contributed by atoms with Crippen molar-refractivity contribution in [1.82, 2.24) is 15.3 Å². The quantitative estimate of drug-likeness (QED) is 0.790. The lowest BCUT2D eigenvalue weighted by atomic mass is 9.94. The molecule has 8 nitrogen and oxygen atoms in total. The molecular formula is C20H21F2N5O3. The molecule has 0 spiro atoms. The SMILES string of the molecule is CC(C)(C)OC(=O)NC1CN(c2ncc(O)c(C#N)n2)CC1c1cc(F)ccc1F. The molecule has 1 saturated heterocycles. The van der Waals surface area contributed by atoms with Crippen LogP contribution in [-0.4, -0.2) is 45.9 Å². The zero-order valence-electron chi connectivity index (χ0n) is 16.7. The Morgan fingerprint density at radius 2 is 2.10 bits per heavy atom. The number of nitriles is 1. The highest BCUT2D eigenvalue weighted by Crippen LogP contribution is 2.32. The summed E-state index contributed by atoms with van der Waals surface area (Å²) in [6, 6.07) is 4.26. The third-order valence-electron chi connectivity index (χ3n) is 4.52. The summed E-state index contributed by atoms with van der Waals surface area (Å²) in [4.78, 5) is 21.9. The van der Waals surface area contributed by atoms with Gasteiger partial charge in [0, 0.05) is 19.0 Å². The number of carbonyl (C=O) groups excluding carboxylic acids is 1. The molecule has 1 aromatic heterocycles. The van der Waals surface area contributed by atoms with Crippen molar-refractivity contribution in [3.05, 3.63) is 47.3 Å². The number of anilines is 1. The number of benzene rings is 1. The number of hydrogen-bond acceptors (Lipinski definition) is 7. The van der Waals surface area contributed by atoms with E-state index in [0.717, 1.165) is 24.4 Å². The zero-order chi connectivity index (χ0) is 22.1. The van der Waals surface area contributed by atoms with Gasteiger partial charge in [-0.15, -0.1) is 0 Å². The van der Waals surface area contributed by atoms with E-state index in [4.69, 9.17) is 10.00 Å². The van der Waals surface area contributed by atoms with Crippen molar-refractivity contribution in [2.24, 2.45) is 0 Å². The second-order valence-electron chi connectivity index (χ2n) is 7.95. The van der Waals surface area contributed by atoms with Crippen LogP contribution in [0.25, 0.3) is 0 Å². The van der Waals surface area contributed by atoms with Crippen molar-refractivity contribution in [3.8, 4) is 11.8 Å². The van der Waals surface area contributed by atoms with Gasteiger partial charge in [0.15, 0.2) is 11.4 Å². The third kappa shape index (κ3) is 4.74. The summed E-state index contributed by atoms with van der Waals surface area (Å²) >= 11 is 0. The molecule has 1 aliphatic heterocycles. The first-order valence-corrected chi connectivity index (χ1v) is 9.23. The molecule has 0 saturated carbocycles. The fourth-order valence-corrected chi connectivity index (χ4v) is 3.29. The average molecular weight is 417 g/mol. The van der Waals surface area contributed by atoms with Crippen molar-refractivity contribution < 1.29 is 23.4 Å². The van der Waals surface area contributed by atoms with Crippen molar-refractivity contribution in [2.45, 2.75) is 38.3 Å². The first kappa shape index (κ1) is 21.2. The van der Waals surface area contributed by atoms with Crippen molar-refractivity contribution in [3.63, 3.8) is 0 Å². The molecule has 30 heavy (non-hydrogen) atoms. The van der Waals surface area contributed by atoms with Crippen LogP contribution in [0.5, 0.6) is 5.75 Å². The van der Waals surface area contributed by atoms with Gasteiger partial charge in [-0.1, -0.05) is 0 Å². The Kier molecular flexibility index (Phi) is 5.73. The molecule has 10 heteroatoms. The number of carbonyl (C=O) groups is 1. The molecule has 1 aromatic carbocycles. The van der Waals surface area contributed by atoms with Crippen LogP contribution in [0.4, 0.5) is 19.5 Å². The highest BCUT2D eigenvalue weighted by atomic mass is 19.1. The van der Waals surface area contributed by atoms with E-state index in [1.807, 2.05) is 0 Å². The van der Waals surface area contributed by atoms with Crippen LogP contribution in [0, 0.1) is 23.0 Å². The predicted molar refractivity (Wildman–Crippen MR) is 103 cm³/mol. The number of amides is 1. The van der Waals surface area contributed by atoms with Gasteiger partial charge in [-0.3, -0.25) is 0 Å². The Balaban J connectivity index is 1.92. The molecule has 0 aliphatic carbocycles. The number of aromatic hydroxyl groups is 1. The normalized spacial score (nSPS) is 18.7.